The third-order valence-electron chi connectivity index (χ3n) is 6.08. The molecule has 0 fully saturated rings. The van der Waals surface area contributed by atoms with E-state index < -0.39 is 52.2 Å². The van der Waals surface area contributed by atoms with Crippen molar-refractivity contribution >= 4 is 40.7 Å². The number of amides is 1. The van der Waals surface area contributed by atoms with Gasteiger partial charge in [0.25, 0.3) is 0 Å². The predicted molar refractivity (Wildman–Crippen MR) is 137 cm³/mol. The highest BCUT2D eigenvalue weighted by atomic mass is 35.5. The molecule has 1 unspecified atom stereocenters. The van der Waals surface area contributed by atoms with Gasteiger partial charge in [0.2, 0.25) is 5.91 Å². The summed E-state index contributed by atoms with van der Waals surface area (Å²) in [7, 11) is 0. The van der Waals surface area contributed by atoms with Gasteiger partial charge in [-0.15, -0.1) is 0 Å². The number of benzene rings is 2. The van der Waals surface area contributed by atoms with Gasteiger partial charge in [-0.05, 0) is 54.7 Å². The number of nitrogens with zero attached hydrogens (tertiary/aromatic N) is 2. The molecule has 1 atom stereocenters. The second-order valence-corrected chi connectivity index (χ2v) is 10.6. The van der Waals surface area contributed by atoms with Crippen LogP contribution in [0.4, 0.5) is 40.8 Å². The van der Waals surface area contributed by atoms with Crippen LogP contribution in [0.15, 0.2) is 41.5 Å². The number of carbonyl (C=O) groups is 1. The lowest BCUT2D eigenvalue weighted by atomic mass is 9.78. The van der Waals surface area contributed by atoms with Crippen molar-refractivity contribution in [3.8, 4) is 5.75 Å². The molecule has 40 heavy (non-hydrogen) atoms. The Morgan fingerprint density at radius 1 is 1.12 bits per heavy atom. The van der Waals surface area contributed by atoms with E-state index in [9.17, 15) is 39.9 Å². The van der Waals surface area contributed by atoms with Crippen LogP contribution in [0.2, 0.25) is 5.02 Å². The molecule has 0 aromatic heterocycles. The number of hydrazone groups is 1. The molecule has 0 aliphatic carbocycles. The fourth-order valence-corrected chi connectivity index (χ4v) is 5.08. The number of thioether (sulfide) groups is 1. The number of anilines is 1. The summed E-state index contributed by atoms with van der Waals surface area (Å²) in [6.07, 6.45) is -6.33. The lowest BCUT2D eigenvalue weighted by Gasteiger charge is -2.27. The fourth-order valence-electron chi connectivity index (χ4n) is 4.36. The molecule has 5 nitrogen and oxygen atoms in total. The minimum Gasteiger partial charge on any atom is -0.434 e. The standard InChI is InChI=1S/C25H24ClF8N3O2S/c1-23(8-3-9-40-2)13-37(36-21(23)14-4-6-16(18(26)10-14)24(29,30)31)12-20(38)35-15-5-7-17(25(32,33)34)19(11-15)39-22(27)28/h4-7,10-11,22H,3,8-9,12-13H2,1-2H3,(H,35,38). The number of ether oxygens (including phenoxy) is 1. The van der Waals surface area contributed by atoms with Crippen LogP contribution in [-0.2, 0) is 17.1 Å². The first-order valence-corrected chi connectivity index (χ1v) is 13.5. The van der Waals surface area contributed by atoms with Gasteiger partial charge in [-0.25, -0.2) is 0 Å². The predicted octanol–water partition coefficient (Wildman–Crippen LogP) is 7.79. The van der Waals surface area contributed by atoms with Gasteiger partial charge < -0.3 is 10.1 Å². The van der Waals surface area contributed by atoms with Gasteiger partial charge >= 0.3 is 19.0 Å². The fraction of sp³-hybridized carbons (Fsp3) is 0.440. The third kappa shape index (κ3) is 7.93. The number of hydrogen-bond acceptors (Lipinski definition) is 5. The molecule has 2 aromatic rings. The topological polar surface area (TPSA) is 53.9 Å². The van der Waals surface area contributed by atoms with Crippen molar-refractivity contribution in [3.05, 3.63) is 58.1 Å². The van der Waals surface area contributed by atoms with Crippen LogP contribution >= 0.6 is 23.4 Å². The van der Waals surface area contributed by atoms with Crippen molar-refractivity contribution < 1.29 is 44.7 Å². The average molecular weight is 618 g/mol. The number of carbonyl (C=O) groups excluding carboxylic acids is 1. The highest BCUT2D eigenvalue weighted by Crippen LogP contribution is 2.40. The molecular formula is C25H24ClF8N3O2S. The molecule has 0 saturated carbocycles. The van der Waals surface area contributed by atoms with Crippen molar-refractivity contribution in [2.24, 2.45) is 10.5 Å². The van der Waals surface area contributed by atoms with E-state index in [4.69, 9.17) is 11.6 Å². The Morgan fingerprint density at radius 2 is 1.77 bits per heavy atom. The Balaban J connectivity index is 1.84. The Kier molecular flexibility index (Phi) is 9.86. The largest absolute Gasteiger partial charge is 0.434 e. The normalized spacial score (nSPS) is 17.8. The van der Waals surface area contributed by atoms with Crippen LogP contribution in [0.3, 0.4) is 0 Å². The number of hydrogen-bond donors (Lipinski definition) is 1. The molecule has 0 spiro atoms. The van der Waals surface area contributed by atoms with Crippen LogP contribution in [0, 0.1) is 5.41 Å². The summed E-state index contributed by atoms with van der Waals surface area (Å²) in [5.41, 5.74) is -2.52. The van der Waals surface area contributed by atoms with Gasteiger partial charge in [0.1, 0.15) is 12.3 Å². The average Bonchev–Trinajstić information content (AvgIpc) is 3.12. The van der Waals surface area contributed by atoms with E-state index in [2.05, 4.69) is 15.2 Å². The molecule has 220 valence electrons. The molecule has 0 saturated heterocycles. The number of rotatable bonds is 10. The van der Waals surface area contributed by atoms with E-state index in [1.807, 2.05) is 13.2 Å². The minimum atomic E-state index is -4.96. The lowest BCUT2D eigenvalue weighted by molar-refractivity contribution is -0.142. The van der Waals surface area contributed by atoms with Crippen molar-refractivity contribution in [2.75, 3.05) is 30.4 Å². The first-order chi connectivity index (χ1) is 18.5. The summed E-state index contributed by atoms with van der Waals surface area (Å²) in [5.74, 6) is -1.05. The van der Waals surface area contributed by atoms with E-state index in [0.717, 1.165) is 24.3 Å². The van der Waals surface area contributed by atoms with Crippen LogP contribution in [0.1, 0.15) is 36.5 Å². The monoisotopic (exact) mass is 617 g/mol. The first-order valence-electron chi connectivity index (χ1n) is 11.7. The summed E-state index contributed by atoms with van der Waals surface area (Å²) in [5, 5.41) is 7.70. The first kappa shape index (κ1) is 31.8. The molecule has 1 N–H and O–H groups in total. The Morgan fingerprint density at radius 3 is 2.35 bits per heavy atom. The van der Waals surface area contributed by atoms with Crippen molar-refractivity contribution in [2.45, 2.75) is 38.7 Å². The Bertz CT molecular complexity index is 1260. The van der Waals surface area contributed by atoms with Crippen molar-refractivity contribution in [1.82, 2.24) is 5.01 Å². The summed E-state index contributed by atoms with van der Waals surface area (Å²) >= 11 is 7.54. The zero-order chi connectivity index (χ0) is 29.9. The second kappa shape index (κ2) is 12.4. The van der Waals surface area contributed by atoms with Crippen LogP contribution in [0.5, 0.6) is 5.75 Å². The van der Waals surface area contributed by atoms with E-state index in [1.54, 1.807) is 11.8 Å². The van der Waals surface area contributed by atoms with Crippen LogP contribution in [0.25, 0.3) is 0 Å². The molecule has 1 aliphatic rings. The molecule has 1 aliphatic heterocycles. The molecule has 3 rings (SSSR count). The summed E-state index contributed by atoms with van der Waals surface area (Å²) in [4.78, 5) is 12.7. The number of halogens is 9. The van der Waals surface area contributed by atoms with Gasteiger partial charge in [0.15, 0.2) is 0 Å². The maximum atomic E-state index is 13.2. The summed E-state index contributed by atoms with van der Waals surface area (Å²) < 4.78 is 108. The summed E-state index contributed by atoms with van der Waals surface area (Å²) in [6, 6.07) is 5.35. The van der Waals surface area contributed by atoms with Gasteiger partial charge in [-0.2, -0.15) is 52.0 Å². The zero-order valence-corrected chi connectivity index (χ0v) is 22.7. The molecule has 1 amide bonds. The van der Waals surface area contributed by atoms with Crippen molar-refractivity contribution in [1.29, 1.82) is 0 Å². The summed E-state index contributed by atoms with van der Waals surface area (Å²) in [6.45, 7) is -1.82. The quantitative estimate of drug-likeness (QED) is 0.218. The van der Waals surface area contributed by atoms with E-state index >= 15 is 0 Å². The Labute approximate surface area is 233 Å². The minimum absolute atomic E-state index is 0.214. The number of nitrogens with one attached hydrogen (secondary N) is 1. The van der Waals surface area contributed by atoms with E-state index in [-0.39, 0.29) is 18.8 Å². The van der Waals surface area contributed by atoms with E-state index in [0.29, 0.717) is 29.8 Å². The SMILES string of the molecule is CSCCCC1(C)CN(CC(=O)Nc2ccc(C(F)(F)F)c(OC(F)F)c2)N=C1c1ccc(C(F)(F)F)c(Cl)c1. The van der Waals surface area contributed by atoms with Crippen LogP contribution in [-0.4, -0.2) is 48.3 Å². The molecule has 1 heterocycles. The van der Waals surface area contributed by atoms with Crippen molar-refractivity contribution in [3.63, 3.8) is 0 Å². The molecule has 15 heteroatoms. The molecule has 0 radical (unpaired) electrons. The third-order valence-corrected chi connectivity index (χ3v) is 7.09. The smallest absolute Gasteiger partial charge is 0.419 e. The van der Waals surface area contributed by atoms with Gasteiger partial charge in [0, 0.05) is 23.7 Å². The second-order valence-electron chi connectivity index (χ2n) is 9.26. The van der Waals surface area contributed by atoms with Gasteiger partial charge in [-0.3, -0.25) is 9.80 Å². The lowest BCUT2D eigenvalue weighted by Crippen LogP contribution is -2.35. The van der Waals surface area contributed by atoms with E-state index in [1.165, 1.54) is 17.1 Å². The highest BCUT2D eigenvalue weighted by molar-refractivity contribution is 7.98. The maximum Gasteiger partial charge on any atom is 0.419 e. The number of alkyl halides is 8. The molecule has 0 bridgehead atoms. The van der Waals surface area contributed by atoms with Gasteiger partial charge in [-0.1, -0.05) is 24.6 Å². The molecule has 2 aromatic carbocycles. The highest BCUT2D eigenvalue weighted by Gasteiger charge is 2.41. The van der Waals surface area contributed by atoms with Gasteiger partial charge in [0.05, 0.1) is 21.9 Å². The maximum absolute atomic E-state index is 13.2. The molecular weight excluding hydrogens is 594 g/mol. The van der Waals surface area contributed by atoms with Crippen LogP contribution < -0.4 is 10.1 Å². The zero-order valence-electron chi connectivity index (χ0n) is 21.1. The Hall–Kier alpha value is -2.74.